The largest absolute Gasteiger partial charge is 0.333 e. The third kappa shape index (κ3) is 3.41. The van der Waals surface area contributed by atoms with Gasteiger partial charge in [-0.2, -0.15) is 0 Å². The molecule has 1 aliphatic carbocycles. The molecule has 0 bridgehead atoms. The molecule has 1 fully saturated rings. The Hall–Kier alpha value is -3.32. The van der Waals surface area contributed by atoms with Crippen molar-refractivity contribution in [2.45, 2.75) is 12.3 Å². The number of halogens is 1. The number of thiazole rings is 1. The maximum absolute atomic E-state index is 14.0. The van der Waals surface area contributed by atoms with E-state index in [1.165, 1.54) is 17.4 Å². The van der Waals surface area contributed by atoms with E-state index in [1.807, 2.05) is 48.1 Å². The second kappa shape index (κ2) is 7.50. The highest BCUT2D eigenvalue weighted by Crippen LogP contribution is 2.49. The van der Waals surface area contributed by atoms with E-state index in [2.05, 4.69) is 10.3 Å². The summed E-state index contributed by atoms with van der Waals surface area (Å²) in [6, 6.07) is 16.5. The fraction of sp³-hybridized carbons (Fsp3) is 0.174. The first-order valence-electron chi connectivity index (χ1n) is 9.71. The highest BCUT2D eigenvalue weighted by Gasteiger charge is 2.45. The zero-order valence-electron chi connectivity index (χ0n) is 16.2. The number of hydrogen-bond donors (Lipinski definition) is 1. The summed E-state index contributed by atoms with van der Waals surface area (Å²) in [7, 11) is 1.93. The number of imidazole rings is 1. The van der Waals surface area contributed by atoms with Crippen LogP contribution in [0.5, 0.6) is 0 Å². The van der Waals surface area contributed by atoms with Crippen LogP contribution in [0, 0.1) is 11.7 Å². The Morgan fingerprint density at radius 3 is 2.67 bits per heavy atom. The molecule has 0 spiro atoms. The van der Waals surface area contributed by atoms with Gasteiger partial charge in [0.1, 0.15) is 5.82 Å². The minimum Gasteiger partial charge on any atom is -0.333 e. The zero-order chi connectivity index (χ0) is 20.7. The molecule has 1 aliphatic rings. The van der Waals surface area contributed by atoms with Gasteiger partial charge in [0.15, 0.2) is 11.0 Å². The van der Waals surface area contributed by atoms with Crippen LogP contribution in [0.25, 0.3) is 22.0 Å². The first kappa shape index (κ1) is 18.7. The van der Waals surface area contributed by atoms with Crippen molar-refractivity contribution in [3.05, 3.63) is 78.4 Å². The van der Waals surface area contributed by atoms with Crippen molar-refractivity contribution in [1.82, 2.24) is 14.5 Å². The topological polar surface area (TPSA) is 59.8 Å². The van der Waals surface area contributed by atoms with E-state index in [0.29, 0.717) is 17.1 Å². The number of hydrogen-bond acceptors (Lipinski definition) is 4. The molecule has 4 aromatic rings. The average Bonchev–Trinajstić information content (AvgIpc) is 3.27. The van der Waals surface area contributed by atoms with Crippen molar-refractivity contribution in [1.29, 1.82) is 0 Å². The number of aryl methyl sites for hydroxylation is 1. The number of carbonyl (C=O) groups excluding carboxylic acids is 1. The average molecular weight is 418 g/mol. The van der Waals surface area contributed by atoms with Crippen LogP contribution >= 0.6 is 11.3 Å². The van der Waals surface area contributed by atoms with Crippen molar-refractivity contribution < 1.29 is 9.18 Å². The molecule has 5 rings (SSSR count). The first-order chi connectivity index (χ1) is 14.6. The van der Waals surface area contributed by atoms with Crippen LogP contribution in [0.4, 0.5) is 9.52 Å². The van der Waals surface area contributed by atoms with Crippen LogP contribution in [0.2, 0.25) is 0 Å². The smallest absolute Gasteiger partial charge is 0.229 e. The maximum atomic E-state index is 14.0. The Labute approximate surface area is 177 Å². The summed E-state index contributed by atoms with van der Waals surface area (Å²) >= 11 is 1.40. The molecule has 0 unspecified atom stereocenters. The Morgan fingerprint density at radius 2 is 1.93 bits per heavy atom. The van der Waals surface area contributed by atoms with Gasteiger partial charge >= 0.3 is 0 Å². The molecule has 1 N–H and O–H groups in total. The highest BCUT2D eigenvalue weighted by molar-refractivity contribution is 7.19. The number of aromatic nitrogens is 3. The fourth-order valence-electron chi connectivity index (χ4n) is 3.70. The molecule has 7 heteroatoms. The number of nitrogens with one attached hydrogen (secondary N) is 1. The summed E-state index contributed by atoms with van der Waals surface area (Å²) in [6.45, 7) is 0. The van der Waals surface area contributed by atoms with Gasteiger partial charge in [0.25, 0.3) is 0 Å². The Balaban J connectivity index is 1.42. The second-order valence-electron chi connectivity index (χ2n) is 7.38. The highest BCUT2D eigenvalue weighted by atomic mass is 32.1. The van der Waals surface area contributed by atoms with E-state index >= 15 is 0 Å². The third-order valence-electron chi connectivity index (χ3n) is 5.36. The predicted molar refractivity (Wildman–Crippen MR) is 116 cm³/mol. The van der Waals surface area contributed by atoms with Crippen LogP contribution in [0.3, 0.4) is 0 Å². The van der Waals surface area contributed by atoms with Gasteiger partial charge < -0.3 is 9.88 Å². The standard InChI is InChI=1S/C23H19FN4OS/c1-28-12-11-25-21(28)20-19(14-7-3-2-4-8-14)26-23(30-20)27-22(29)17-13-16(17)15-9-5-6-10-18(15)24/h2-12,16-17H,13H2,1H3,(H,26,27,29)/t16-,17+/m0/s1. The van der Waals surface area contributed by atoms with E-state index in [0.717, 1.165) is 22.0 Å². The van der Waals surface area contributed by atoms with Gasteiger partial charge in [-0.25, -0.2) is 14.4 Å². The summed E-state index contributed by atoms with van der Waals surface area (Å²) in [5, 5.41) is 3.47. The minimum absolute atomic E-state index is 0.0752. The van der Waals surface area contributed by atoms with Gasteiger partial charge in [-0.1, -0.05) is 59.9 Å². The van der Waals surface area contributed by atoms with Crippen molar-refractivity contribution in [2.75, 3.05) is 5.32 Å². The lowest BCUT2D eigenvalue weighted by Gasteiger charge is -2.03. The SMILES string of the molecule is Cn1ccnc1-c1sc(NC(=O)[C@@H]2C[C@H]2c2ccccc2F)nc1-c1ccccc1. The number of nitrogens with zero attached hydrogens (tertiary/aromatic N) is 3. The van der Waals surface area contributed by atoms with Gasteiger partial charge in [0.05, 0.1) is 10.6 Å². The summed E-state index contributed by atoms with van der Waals surface area (Å²) in [4.78, 5) is 22.8. The third-order valence-corrected chi connectivity index (χ3v) is 6.33. The van der Waals surface area contributed by atoms with Crippen LogP contribution in [0.15, 0.2) is 67.0 Å². The lowest BCUT2D eigenvalue weighted by molar-refractivity contribution is -0.117. The minimum atomic E-state index is -0.254. The van der Waals surface area contributed by atoms with E-state index < -0.39 is 0 Å². The summed E-state index contributed by atoms with van der Waals surface area (Å²) in [5.74, 6) is 0.109. The van der Waals surface area contributed by atoms with Gasteiger partial charge in [0.2, 0.25) is 5.91 Å². The second-order valence-corrected chi connectivity index (χ2v) is 8.38. The molecular formula is C23H19FN4OS. The number of anilines is 1. The predicted octanol–water partition coefficient (Wildman–Crippen LogP) is 5.09. The van der Waals surface area contributed by atoms with Crippen LogP contribution in [-0.2, 0) is 11.8 Å². The van der Waals surface area contributed by atoms with Crippen LogP contribution < -0.4 is 5.32 Å². The van der Waals surface area contributed by atoms with Crippen molar-refractivity contribution in [3.8, 4) is 22.0 Å². The van der Waals surface area contributed by atoms with Crippen molar-refractivity contribution in [2.24, 2.45) is 13.0 Å². The first-order valence-corrected chi connectivity index (χ1v) is 10.5. The number of rotatable bonds is 5. The molecule has 30 heavy (non-hydrogen) atoms. The molecule has 5 nitrogen and oxygen atoms in total. The molecule has 0 saturated heterocycles. The van der Waals surface area contributed by atoms with Gasteiger partial charge in [-0.3, -0.25) is 4.79 Å². The quantitative estimate of drug-likeness (QED) is 0.491. The summed E-state index contributed by atoms with van der Waals surface area (Å²) < 4.78 is 16.0. The molecule has 1 amide bonds. The van der Waals surface area contributed by atoms with E-state index in [1.54, 1.807) is 24.4 Å². The molecule has 2 atom stereocenters. The lowest BCUT2D eigenvalue weighted by Crippen LogP contribution is -2.14. The van der Waals surface area contributed by atoms with Crippen molar-refractivity contribution >= 4 is 22.4 Å². The Bertz CT molecular complexity index is 1220. The Morgan fingerprint density at radius 1 is 1.17 bits per heavy atom. The molecule has 2 heterocycles. The van der Waals surface area contributed by atoms with Crippen molar-refractivity contribution in [3.63, 3.8) is 0 Å². The summed E-state index contributed by atoms with van der Waals surface area (Å²) in [5.41, 5.74) is 2.35. The van der Waals surface area contributed by atoms with Gasteiger partial charge in [-0.05, 0) is 24.0 Å². The van der Waals surface area contributed by atoms with Crippen LogP contribution in [0.1, 0.15) is 17.9 Å². The number of benzene rings is 2. The molecule has 0 aliphatic heterocycles. The maximum Gasteiger partial charge on any atom is 0.229 e. The monoisotopic (exact) mass is 418 g/mol. The fourth-order valence-corrected chi connectivity index (χ4v) is 4.73. The zero-order valence-corrected chi connectivity index (χ0v) is 17.1. The molecule has 2 aromatic heterocycles. The normalized spacial score (nSPS) is 17.7. The van der Waals surface area contributed by atoms with E-state index in [9.17, 15) is 9.18 Å². The lowest BCUT2D eigenvalue weighted by atomic mass is 10.1. The van der Waals surface area contributed by atoms with E-state index in [-0.39, 0.29) is 23.6 Å². The molecule has 0 radical (unpaired) electrons. The number of amides is 1. The molecule has 150 valence electrons. The summed E-state index contributed by atoms with van der Waals surface area (Å²) in [6.07, 6.45) is 4.27. The van der Waals surface area contributed by atoms with Gasteiger partial charge in [-0.15, -0.1) is 0 Å². The molecular weight excluding hydrogens is 399 g/mol. The van der Waals surface area contributed by atoms with E-state index in [4.69, 9.17) is 4.98 Å². The Kier molecular flexibility index (Phi) is 4.67. The van der Waals surface area contributed by atoms with Crippen LogP contribution in [-0.4, -0.2) is 20.4 Å². The number of carbonyl (C=O) groups is 1. The van der Waals surface area contributed by atoms with Gasteiger partial charge in [0, 0.05) is 30.9 Å². The molecule has 1 saturated carbocycles. The molecule has 2 aromatic carbocycles.